The molecule has 2 aliphatic rings. The van der Waals surface area contributed by atoms with Gasteiger partial charge >= 0.3 is 0 Å². The van der Waals surface area contributed by atoms with Gasteiger partial charge in [-0.25, -0.2) is 0 Å². The molecule has 2 aliphatic heterocycles. The summed E-state index contributed by atoms with van der Waals surface area (Å²) in [5.74, 6) is 0.247. The molecule has 0 radical (unpaired) electrons. The summed E-state index contributed by atoms with van der Waals surface area (Å²) >= 11 is 5.97. The summed E-state index contributed by atoms with van der Waals surface area (Å²) in [4.78, 5) is 29.4. The molecule has 2 aromatic carbocycles. The number of carbonyl (C=O) groups excluding carboxylic acids is 2. The molecule has 0 bridgehead atoms. The number of hydrogen-bond donors (Lipinski definition) is 1. The maximum Gasteiger partial charge on any atom is 0.228 e. The number of piperidine rings is 1. The van der Waals surface area contributed by atoms with Crippen molar-refractivity contribution < 1.29 is 9.59 Å². The largest absolute Gasteiger partial charge is 0.342 e. The monoisotopic (exact) mass is 439 g/mol. The van der Waals surface area contributed by atoms with E-state index in [0.29, 0.717) is 6.42 Å². The quantitative estimate of drug-likeness (QED) is 0.727. The van der Waals surface area contributed by atoms with E-state index in [4.69, 9.17) is 11.6 Å². The van der Waals surface area contributed by atoms with Crippen molar-refractivity contribution in [3.8, 4) is 0 Å². The number of anilines is 1. The molecule has 0 saturated carbocycles. The Bertz CT molecular complexity index is 892. The lowest BCUT2D eigenvalue weighted by molar-refractivity contribution is -0.129. The van der Waals surface area contributed by atoms with Crippen LogP contribution in [0.25, 0.3) is 0 Å². The van der Waals surface area contributed by atoms with Gasteiger partial charge in [0.2, 0.25) is 11.8 Å². The molecule has 6 heteroatoms. The summed E-state index contributed by atoms with van der Waals surface area (Å²) < 4.78 is 0. The molecule has 2 saturated heterocycles. The van der Waals surface area contributed by atoms with Crippen LogP contribution in [0.15, 0.2) is 48.5 Å². The SMILES string of the molecule is O=C(Nc1ccc(CC(=O)N2CCCC2)cc1)[C@@H]1CCCN(Cc2ccc(Cl)cc2)C1. The van der Waals surface area contributed by atoms with Crippen LogP contribution in [0.5, 0.6) is 0 Å². The molecule has 164 valence electrons. The molecular weight excluding hydrogens is 410 g/mol. The number of benzene rings is 2. The van der Waals surface area contributed by atoms with Gasteiger partial charge in [-0.15, -0.1) is 0 Å². The van der Waals surface area contributed by atoms with Crippen LogP contribution in [-0.4, -0.2) is 47.8 Å². The zero-order chi connectivity index (χ0) is 21.6. The van der Waals surface area contributed by atoms with Crippen molar-refractivity contribution in [2.45, 2.75) is 38.6 Å². The first-order valence-corrected chi connectivity index (χ1v) is 11.6. The molecule has 0 aromatic heterocycles. The molecule has 0 spiro atoms. The number of rotatable bonds is 6. The highest BCUT2D eigenvalue weighted by molar-refractivity contribution is 6.30. The molecule has 1 atom stereocenters. The molecule has 4 rings (SSSR count). The first-order valence-electron chi connectivity index (χ1n) is 11.2. The Labute approximate surface area is 189 Å². The third kappa shape index (κ3) is 6.08. The first-order chi connectivity index (χ1) is 15.1. The van der Waals surface area contributed by atoms with Crippen LogP contribution < -0.4 is 5.32 Å². The van der Waals surface area contributed by atoms with Gasteiger partial charge in [0.15, 0.2) is 0 Å². The topological polar surface area (TPSA) is 52.7 Å². The third-order valence-corrected chi connectivity index (χ3v) is 6.48. The van der Waals surface area contributed by atoms with E-state index in [9.17, 15) is 9.59 Å². The highest BCUT2D eigenvalue weighted by Gasteiger charge is 2.26. The minimum atomic E-state index is -0.0162. The van der Waals surface area contributed by atoms with Gasteiger partial charge in [0.1, 0.15) is 0 Å². The normalized spacial score (nSPS) is 19.4. The molecular formula is C25H30ClN3O2. The average molecular weight is 440 g/mol. The van der Waals surface area contributed by atoms with Crippen molar-refractivity contribution in [2.75, 3.05) is 31.5 Å². The van der Waals surface area contributed by atoms with E-state index in [1.54, 1.807) is 0 Å². The number of amides is 2. The van der Waals surface area contributed by atoms with Crippen LogP contribution >= 0.6 is 11.6 Å². The van der Waals surface area contributed by atoms with E-state index in [1.165, 1.54) is 5.56 Å². The average Bonchev–Trinajstić information content (AvgIpc) is 3.32. The molecule has 31 heavy (non-hydrogen) atoms. The van der Waals surface area contributed by atoms with Crippen molar-refractivity contribution in [3.05, 3.63) is 64.7 Å². The summed E-state index contributed by atoms with van der Waals surface area (Å²) in [5.41, 5.74) is 2.99. The summed E-state index contributed by atoms with van der Waals surface area (Å²) in [6, 6.07) is 15.6. The molecule has 0 unspecified atom stereocenters. The minimum Gasteiger partial charge on any atom is -0.342 e. The standard InChI is InChI=1S/C25H30ClN3O2/c26-22-9-5-20(6-10-22)17-28-13-3-4-21(18-28)25(31)27-23-11-7-19(8-12-23)16-24(30)29-14-1-2-15-29/h5-12,21H,1-4,13-18H2,(H,27,31)/t21-/m1/s1. The van der Waals surface area contributed by atoms with E-state index >= 15 is 0 Å². The van der Waals surface area contributed by atoms with Crippen LogP contribution in [0.1, 0.15) is 36.8 Å². The van der Waals surface area contributed by atoms with E-state index in [0.717, 1.165) is 74.7 Å². The molecule has 1 N–H and O–H groups in total. The molecule has 2 amide bonds. The van der Waals surface area contributed by atoms with Gasteiger partial charge in [-0.1, -0.05) is 35.9 Å². The Morgan fingerprint density at radius 3 is 2.29 bits per heavy atom. The van der Waals surface area contributed by atoms with E-state index in [1.807, 2.05) is 53.4 Å². The predicted octanol–water partition coefficient (Wildman–Crippen LogP) is 4.36. The van der Waals surface area contributed by atoms with Crippen LogP contribution in [0.2, 0.25) is 5.02 Å². The molecule has 2 heterocycles. The van der Waals surface area contributed by atoms with Gasteiger partial charge in [-0.3, -0.25) is 14.5 Å². The van der Waals surface area contributed by atoms with Crippen molar-refractivity contribution in [1.82, 2.24) is 9.80 Å². The van der Waals surface area contributed by atoms with Gasteiger partial charge in [-0.2, -0.15) is 0 Å². The molecule has 0 aliphatic carbocycles. The summed E-state index contributed by atoms with van der Waals surface area (Å²) in [6.07, 6.45) is 4.56. The van der Waals surface area contributed by atoms with Crippen molar-refractivity contribution in [2.24, 2.45) is 5.92 Å². The lowest BCUT2D eigenvalue weighted by Crippen LogP contribution is -2.40. The summed E-state index contributed by atoms with van der Waals surface area (Å²) in [5, 5.41) is 3.80. The first kappa shape index (κ1) is 21.8. The zero-order valence-corrected chi connectivity index (χ0v) is 18.6. The fraction of sp³-hybridized carbons (Fsp3) is 0.440. The van der Waals surface area contributed by atoms with Crippen molar-refractivity contribution >= 4 is 29.1 Å². The Hall–Kier alpha value is -2.37. The predicted molar refractivity (Wildman–Crippen MR) is 124 cm³/mol. The Morgan fingerprint density at radius 1 is 0.903 bits per heavy atom. The van der Waals surface area contributed by atoms with Crippen molar-refractivity contribution in [1.29, 1.82) is 0 Å². The second-order valence-electron chi connectivity index (χ2n) is 8.65. The van der Waals surface area contributed by atoms with Crippen LogP contribution in [0, 0.1) is 5.92 Å². The minimum absolute atomic E-state index is 0.0162. The van der Waals surface area contributed by atoms with Gasteiger partial charge in [0.25, 0.3) is 0 Å². The van der Waals surface area contributed by atoms with Crippen LogP contribution in [-0.2, 0) is 22.6 Å². The Morgan fingerprint density at radius 2 is 1.58 bits per heavy atom. The number of hydrogen-bond acceptors (Lipinski definition) is 3. The second-order valence-corrected chi connectivity index (χ2v) is 9.09. The number of carbonyl (C=O) groups is 2. The lowest BCUT2D eigenvalue weighted by Gasteiger charge is -2.32. The Kier molecular flexibility index (Phi) is 7.25. The molecule has 2 aromatic rings. The molecule has 5 nitrogen and oxygen atoms in total. The smallest absolute Gasteiger partial charge is 0.228 e. The van der Waals surface area contributed by atoms with Crippen molar-refractivity contribution in [3.63, 3.8) is 0 Å². The second kappa shape index (κ2) is 10.3. The fourth-order valence-corrected chi connectivity index (χ4v) is 4.59. The van der Waals surface area contributed by atoms with Gasteiger partial charge in [-0.05, 0) is 67.6 Å². The fourth-order valence-electron chi connectivity index (χ4n) is 4.46. The molecule has 2 fully saturated rings. The number of halogens is 1. The van der Waals surface area contributed by atoms with Gasteiger partial charge < -0.3 is 10.2 Å². The lowest BCUT2D eigenvalue weighted by atomic mass is 9.96. The summed E-state index contributed by atoms with van der Waals surface area (Å²) in [6.45, 7) is 4.36. The van der Waals surface area contributed by atoms with E-state index in [-0.39, 0.29) is 17.7 Å². The number of nitrogens with zero attached hydrogens (tertiary/aromatic N) is 2. The highest BCUT2D eigenvalue weighted by Crippen LogP contribution is 2.22. The third-order valence-electron chi connectivity index (χ3n) is 6.23. The highest BCUT2D eigenvalue weighted by atomic mass is 35.5. The van der Waals surface area contributed by atoms with Gasteiger partial charge in [0.05, 0.1) is 12.3 Å². The van der Waals surface area contributed by atoms with E-state index < -0.39 is 0 Å². The van der Waals surface area contributed by atoms with E-state index in [2.05, 4.69) is 10.2 Å². The summed E-state index contributed by atoms with van der Waals surface area (Å²) in [7, 11) is 0. The zero-order valence-electron chi connectivity index (χ0n) is 17.9. The van der Waals surface area contributed by atoms with Gasteiger partial charge in [0, 0.05) is 36.9 Å². The maximum atomic E-state index is 12.8. The number of nitrogens with one attached hydrogen (secondary N) is 1. The Balaban J connectivity index is 1.28. The maximum absolute atomic E-state index is 12.8. The number of likely N-dealkylation sites (tertiary alicyclic amines) is 2. The van der Waals surface area contributed by atoms with Crippen LogP contribution in [0.3, 0.4) is 0 Å². The van der Waals surface area contributed by atoms with Crippen LogP contribution in [0.4, 0.5) is 5.69 Å².